The summed E-state index contributed by atoms with van der Waals surface area (Å²) in [5, 5.41) is 0. The highest BCUT2D eigenvalue weighted by atomic mass is 15.1. The van der Waals surface area contributed by atoms with Gasteiger partial charge in [0, 0.05) is 37.3 Å². The van der Waals surface area contributed by atoms with E-state index in [0.29, 0.717) is 11.8 Å². The van der Waals surface area contributed by atoms with Gasteiger partial charge >= 0.3 is 0 Å². The van der Waals surface area contributed by atoms with Crippen molar-refractivity contribution < 1.29 is 0 Å². The number of nitrogens with zero attached hydrogens (tertiary/aromatic N) is 2. The highest BCUT2D eigenvalue weighted by Crippen LogP contribution is 2.38. The van der Waals surface area contributed by atoms with Gasteiger partial charge in [0.1, 0.15) is 0 Å². The molecule has 2 aliphatic rings. The number of aliphatic imine (C=N–C) groups is 1. The molecule has 2 nitrogen and oxygen atoms in total. The summed E-state index contributed by atoms with van der Waals surface area (Å²) in [5.74, 6) is 1.29. The molecule has 0 saturated carbocycles. The smallest absolute Gasteiger partial charge is 0.0436 e. The molecule has 0 spiro atoms. The molecule has 1 fully saturated rings. The number of hydrogen-bond acceptors (Lipinski definition) is 2. The Morgan fingerprint density at radius 3 is 2.71 bits per heavy atom. The van der Waals surface area contributed by atoms with Crippen molar-refractivity contribution in [3.05, 3.63) is 59.7 Å². The van der Waals surface area contributed by atoms with E-state index in [1.165, 1.54) is 22.3 Å². The normalized spacial score (nSPS) is 24.4. The van der Waals surface area contributed by atoms with E-state index < -0.39 is 0 Å². The van der Waals surface area contributed by atoms with Crippen molar-refractivity contribution in [3.63, 3.8) is 0 Å². The van der Waals surface area contributed by atoms with E-state index >= 15 is 0 Å². The predicted molar refractivity (Wildman–Crippen MR) is 88.1 cm³/mol. The zero-order chi connectivity index (χ0) is 14.2. The summed E-state index contributed by atoms with van der Waals surface area (Å²) in [6.07, 6.45) is 2.11. The van der Waals surface area contributed by atoms with Crippen LogP contribution in [-0.4, -0.2) is 37.8 Å². The molecule has 2 aromatic carbocycles. The Labute approximate surface area is 126 Å². The number of fused-ring (bicyclic) bond motifs is 3. The molecule has 4 rings (SSSR count). The number of hydrogen-bond donors (Lipinski definition) is 0. The standard InChI is InChI=1S/C19H20N2/c1-21-12-15-10-20-11-18-16(14-6-3-2-4-7-14)8-5-9-17(18)19(15)13-21/h2-9,11,15,19H,10,12-13H2,1H3. The molecular weight excluding hydrogens is 256 g/mol. The van der Waals surface area contributed by atoms with Crippen LogP contribution in [-0.2, 0) is 0 Å². The van der Waals surface area contributed by atoms with Crippen molar-refractivity contribution in [2.24, 2.45) is 10.9 Å². The molecule has 2 unspecified atom stereocenters. The Bertz CT molecular complexity index is 675. The Balaban J connectivity index is 1.86. The molecule has 2 heterocycles. The molecule has 106 valence electrons. The number of benzene rings is 2. The molecule has 2 heteroatoms. The minimum atomic E-state index is 0.621. The molecule has 0 N–H and O–H groups in total. The van der Waals surface area contributed by atoms with E-state index in [2.05, 4.69) is 66.7 Å². The zero-order valence-electron chi connectivity index (χ0n) is 12.4. The Morgan fingerprint density at radius 2 is 1.86 bits per heavy atom. The zero-order valence-corrected chi connectivity index (χ0v) is 12.4. The Morgan fingerprint density at radius 1 is 1.00 bits per heavy atom. The number of rotatable bonds is 1. The van der Waals surface area contributed by atoms with Gasteiger partial charge in [0.25, 0.3) is 0 Å². The van der Waals surface area contributed by atoms with Crippen molar-refractivity contribution in [1.82, 2.24) is 4.90 Å². The van der Waals surface area contributed by atoms with E-state index in [9.17, 15) is 0 Å². The average molecular weight is 276 g/mol. The maximum Gasteiger partial charge on any atom is 0.0436 e. The molecule has 0 aromatic heterocycles. The molecule has 0 aliphatic carbocycles. The van der Waals surface area contributed by atoms with E-state index in [-0.39, 0.29) is 0 Å². The van der Waals surface area contributed by atoms with E-state index in [1.54, 1.807) is 0 Å². The van der Waals surface area contributed by atoms with Crippen LogP contribution in [0.1, 0.15) is 17.0 Å². The highest BCUT2D eigenvalue weighted by Gasteiger charge is 2.34. The van der Waals surface area contributed by atoms with Crippen LogP contribution in [0.4, 0.5) is 0 Å². The van der Waals surface area contributed by atoms with Gasteiger partial charge in [0.05, 0.1) is 0 Å². The summed E-state index contributed by atoms with van der Waals surface area (Å²) < 4.78 is 0. The molecule has 2 atom stereocenters. The summed E-state index contributed by atoms with van der Waals surface area (Å²) in [6, 6.07) is 17.4. The van der Waals surface area contributed by atoms with Crippen molar-refractivity contribution >= 4 is 6.21 Å². The van der Waals surface area contributed by atoms with Gasteiger partial charge in [-0.3, -0.25) is 4.99 Å². The van der Waals surface area contributed by atoms with Crippen LogP contribution in [0.3, 0.4) is 0 Å². The topological polar surface area (TPSA) is 15.6 Å². The summed E-state index contributed by atoms with van der Waals surface area (Å²) in [6.45, 7) is 3.27. The van der Waals surface area contributed by atoms with Gasteiger partial charge in [-0.25, -0.2) is 0 Å². The second kappa shape index (κ2) is 5.12. The average Bonchev–Trinajstić information content (AvgIpc) is 2.80. The molecule has 0 radical (unpaired) electrons. The fraction of sp³-hybridized carbons (Fsp3) is 0.316. The summed E-state index contributed by atoms with van der Waals surface area (Å²) in [7, 11) is 2.22. The lowest BCUT2D eigenvalue weighted by molar-refractivity contribution is 0.397. The lowest BCUT2D eigenvalue weighted by Gasteiger charge is -2.18. The third kappa shape index (κ3) is 2.20. The van der Waals surface area contributed by atoms with Crippen LogP contribution < -0.4 is 0 Å². The third-order valence-corrected chi connectivity index (χ3v) is 4.81. The number of likely N-dealkylation sites (N-methyl/N-ethyl adjacent to an activating group) is 1. The lowest BCUT2D eigenvalue weighted by Crippen LogP contribution is -2.15. The third-order valence-electron chi connectivity index (χ3n) is 4.81. The first-order chi connectivity index (χ1) is 10.3. The largest absolute Gasteiger partial charge is 0.305 e. The second-order valence-corrected chi connectivity index (χ2v) is 6.26. The fourth-order valence-corrected chi connectivity index (χ4v) is 3.82. The first-order valence-corrected chi connectivity index (χ1v) is 7.69. The quantitative estimate of drug-likeness (QED) is 0.779. The van der Waals surface area contributed by atoms with Gasteiger partial charge in [0.15, 0.2) is 0 Å². The molecule has 0 amide bonds. The minimum Gasteiger partial charge on any atom is -0.305 e. The van der Waals surface area contributed by atoms with Crippen LogP contribution in [0.2, 0.25) is 0 Å². The summed E-state index contributed by atoms with van der Waals surface area (Å²) in [4.78, 5) is 7.16. The molecule has 2 aliphatic heterocycles. The van der Waals surface area contributed by atoms with Gasteiger partial charge < -0.3 is 4.90 Å². The van der Waals surface area contributed by atoms with Crippen LogP contribution in [0.15, 0.2) is 53.5 Å². The SMILES string of the molecule is CN1CC2CN=Cc3c(-c4ccccc4)cccc3C2C1. The molecule has 21 heavy (non-hydrogen) atoms. The fourth-order valence-electron chi connectivity index (χ4n) is 3.82. The van der Waals surface area contributed by atoms with Crippen molar-refractivity contribution in [2.75, 3.05) is 26.7 Å². The number of likely N-dealkylation sites (tertiary alicyclic amines) is 1. The Hall–Kier alpha value is -1.93. The molecule has 1 saturated heterocycles. The van der Waals surface area contributed by atoms with E-state index in [4.69, 9.17) is 4.99 Å². The summed E-state index contributed by atoms with van der Waals surface area (Å²) in [5.41, 5.74) is 5.40. The van der Waals surface area contributed by atoms with Gasteiger partial charge in [-0.1, -0.05) is 48.5 Å². The van der Waals surface area contributed by atoms with Crippen LogP contribution >= 0.6 is 0 Å². The highest BCUT2D eigenvalue weighted by molar-refractivity contribution is 5.92. The van der Waals surface area contributed by atoms with Gasteiger partial charge in [-0.2, -0.15) is 0 Å². The van der Waals surface area contributed by atoms with Crippen molar-refractivity contribution in [1.29, 1.82) is 0 Å². The van der Waals surface area contributed by atoms with E-state index in [1.807, 2.05) is 0 Å². The van der Waals surface area contributed by atoms with Gasteiger partial charge in [0.2, 0.25) is 0 Å². The molecule has 0 bridgehead atoms. The van der Waals surface area contributed by atoms with Crippen molar-refractivity contribution in [2.45, 2.75) is 5.92 Å². The van der Waals surface area contributed by atoms with Crippen LogP contribution in [0, 0.1) is 5.92 Å². The predicted octanol–water partition coefficient (Wildman–Crippen LogP) is 3.43. The molecular formula is C19H20N2. The second-order valence-electron chi connectivity index (χ2n) is 6.26. The summed E-state index contributed by atoms with van der Waals surface area (Å²) >= 11 is 0. The Kier molecular flexibility index (Phi) is 3.12. The first kappa shape index (κ1) is 12.8. The minimum absolute atomic E-state index is 0.621. The van der Waals surface area contributed by atoms with Crippen molar-refractivity contribution in [3.8, 4) is 11.1 Å². The monoisotopic (exact) mass is 276 g/mol. The van der Waals surface area contributed by atoms with Gasteiger partial charge in [-0.05, 0) is 29.7 Å². The van der Waals surface area contributed by atoms with Gasteiger partial charge in [-0.15, -0.1) is 0 Å². The first-order valence-electron chi connectivity index (χ1n) is 7.69. The van der Waals surface area contributed by atoms with Crippen LogP contribution in [0.5, 0.6) is 0 Å². The lowest BCUT2D eigenvalue weighted by atomic mass is 9.84. The van der Waals surface area contributed by atoms with E-state index in [0.717, 1.165) is 19.6 Å². The molecule has 2 aromatic rings. The maximum absolute atomic E-state index is 4.72. The van der Waals surface area contributed by atoms with Crippen LogP contribution in [0.25, 0.3) is 11.1 Å². The maximum atomic E-state index is 4.72.